The Balaban J connectivity index is 0.000000478. The molecule has 27 heteroatoms. The molecule has 0 unspecified atom stereocenters. The van der Waals surface area contributed by atoms with E-state index in [1.807, 2.05) is 98.0 Å². The third kappa shape index (κ3) is 33.9. The van der Waals surface area contributed by atoms with Crippen molar-refractivity contribution in [3.8, 4) is 78.7 Å². The van der Waals surface area contributed by atoms with Crippen molar-refractivity contribution in [1.29, 1.82) is 0 Å². The van der Waals surface area contributed by atoms with Crippen LogP contribution in [0.5, 0.6) is 0 Å². The molecule has 123 heavy (non-hydrogen) atoms. The van der Waals surface area contributed by atoms with Crippen LogP contribution in [-0.2, 0) is 136 Å². The number of fused-ring (bicyclic) bond motifs is 4. The van der Waals surface area contributed by atoms with Crippen molar-refractivity contribution in [2.24, 2.45) is 0 Å². The van der Waals surface area contributed by atoms with E-state index < -0.39 is 46.8 Å². The normalized spacial score (nSPS) is 10.4. The third-order valence-corrected chi connectivity index (χ3v) is 16.2. The number of carbonyl (C=O) groups is 3. The average molecular weight is 2720 g/mol. The topological polar surface area (TPSA) is 219 Å². The molecular weight excluding hydrogens is 2640 g/mol. The van der Waals surface area contributed by atoms with Gasteiger partial charge in [-0.15, -0.1) is 137 Å². The van der Waals surface area contributed by atoms with E-state index in [4.69, 9.17) is 21.9 Å². The predicted octanol–water partition coefficient (Wildman–Crippen LogP) is 22.7. The van der Waals surface area contributed by atoms with Crippen LogP contribution in [0.3, 0.4) is 0 Å². The first-order chi connectivity index (χ1) is 56.3. The summed E-state index contributed by atoms with van der Waals surface area (Å²) >= 11 is 0. The molecule has 0 amide bonds. The standard InChI is InChI=1S/C24H18N.C13H7F2N2.C11H6F2N.2C11H8N.C10H5F2N2.C6H5NO2.2C5H8O2.6Ir/c1-24(2)21-10-6-5-9-19(21)20-12-11-17(15-22(20)24)23-18-8-4-3-7-16(18)13-14-25-23;1-8-5-6-17-11(7-8)9-3-4-10(14)13(16-2)12(9)15;12-8-4-5-9(10(13)7-8)11-3-1-2-6-14-11;2*1-2-6-10(7-3-1)11-8-4-5-9-12-11;11-9-5-4-7(10(12)14-9)8-3-1-2-6-13-8;8-6(9)5-3-1-2-4-7-5;2*1-4(6)3-5(2)7;;;;;;/h3-10,12-15H,1-2H3;4-7H,1H3;1-4,6-7H;2*1-6,8-9H;1-3,5-6H;1-4H,(H,8,9);2*3,6H,1-2H3;;;;;;/q6*-1;;;;;;;;;. The molecule has 0 saturated heterocycles. The van der Waals surface area contributed by atoms with Gasteiger partial charge in [0.15, 0.2) is 17.3 Å². The van der Waals surface area contributed by atoms with E-state index >= 15 is 0 Å². The van der Waals surface area contributed by atoms with Gasteiger partial charge in [-0.05, 0) is 139 Å². The van der Waals surface area contributed by atoms with E-state index in [-0.39, 0.29) is 172 Å². The van der Waals surface area contributed by atoms with Crippen molar-refractivity contribution in [2.45, 2.75) is 53.9 Å². The quantitative estimate of drug-likeness (QED) is 0.0403. The molecule has 0 atom stereocenters. The Morgan fingerprint density at radius 3 is 1.37 bits per heavy atom. The van der Waals surface area contributed by atoms with Crippen LogP contribution in [0.2, 0.25) is 0 Å². The number of nitrogens with zero attached hydrogens (tertiary/aromatic N) is 9. The summed E-state index contributed by atoms with van der Waals surface area (Å²) < 4.78 is 78.3. The molecule has 15 aromatic rings. The van der Waals surface area contributed by atoms with Crippen LogP contribution in [0.1, 0.15) is 68.7 Å². The molecule has 8 aromatic heterocycles. The number of hydrogen-bond donors (Lipinski definition) is 3. The SMILES string of the molecule is CC(=O)C=C(C)O.CC(=O)C=C(C)O.CC1(C)c2ccccc2-c2c[c-]c(-c3nccc4ccccc34)cc21.Fc1c[c-]c(-c2ccccn2)c(F)c1.Fc1c[c-]c(-c2ccccn2)c(F)n1.O=C(O)c1ccccn1.[C-]#[N+]c1c(F)c[c-]c(-c2cc(C)ccn2)c1F.[Ir].[Ir].[Ir].[Ir].[Ir].[Ir].[c-]1ccccc1-c1ccccn1.[c-]1ccccc1-c1ccccn1. The van der Waals surface area contributed by atoms with Crippen LogP contribution in [0.15, 0.2) is 310 Å². The summed E-state index contributed by atoms with van der Waals surface area (Å²) in [6, 6.07) is 90.3. The van der Waals surface area contributed by atoms with Crippen molar-refractivity contribution in [3.63, 3.8) is 0 Å². The summed E-state index contributed by atoms with van der Waals surface area (Å²) in [6.45, 7) is 18.9. The summed E-state index contributed by atoms with van der Waals surface area (Å²) in [5.74, 6) is -6.01. The van der Waals surface area contributed by atoms with Crippen LogP contribution < -0.4 is 0 Å². The second-order valence-electron chi connectivity index (χ2n) is 25.4. The molecule has 640 valence electrons. The van der Waals surface area contributed by atoms with Crippen LogP contribution in [-0.4, -0.2) is 72.7 Å². The van der Waals surface area contributed by atoms with Gasteiger partial charge in [0.25, 0.3) is 0 Å². The van der Waals surface area contributed by atoms with Crippen LogP contribution >= 0.6 is 0 Å². The maximum absolute atomic E-state index is 13.8. The Kier molecular flexibility index (Phi) is 49.0. The molecule has 0 aliphatic heterocycles. The molecule has 0 spiro atoms. The molecular formula is C96H73F6Ir6N9O6-6. The largest absolute Gasteiger partial charge is 0.512 e. The molecule has 15 nitrogen and oxygen atoms in total. The molecule has 0 saturated carbocycles. The van der Waals surface area contributed by atoms with Gasteiger partial charge in [0, 0.05) is 199 Å². The summed E-state index contributed by atoms with van der Waals surface area (Å²) in [7, 11) is 0. The number of hydrogen-bond acceptors (Lipinski definition) is 13. The van der Waals surface area contributed by atoms with E-state index in [0.717, 1.165) is 63.6 Å². The number of benzene rings is 7. The zero-order chi connectivity index (χ0) is 84.2. The van der Waals surface area contributed by atoms with Crippen LogP contribution in [0, 0.1) is 85.1 Å². The Labute approximate surface area is 790 Å². The number of aromatic nitrogens is 8. The smallest absolute Gasteiger partial charge is 0.354 e. The summed E-state index contributed by atoms with van der Waals surface area (Å²) in [5.41, 5.74) is 13.3. The molecule has 0 fully saturated rings. The Morgan fingerprint density at radius 1 is 0.423 bits per heavy atom. The first kappa shape index (κ1) is 108. The van der Waals surface area contributed by atoms with Gasteiger partial charge < -0.3 is 45.2 Å². The zero-order valence-corrected chi connectivity index (χ0v) is 80.5. The fourth-order valence-electron chi connectivity index (χ4n) is 11.0. The van der Waals surface area contributed by atoms with Crippen molar-refractivity contribution >= 4 is 34.0 Å². The number of aryl methyl sites for hydroxylation is 1. The summed E-state index contributed by atoms with van der Waals surface area (Å²) in [5, 5.41) is 27.4. The monoisotopic (exact) mass is 2720 g/mol. The Morgan fingerprint density at radius 2 is 0.902 bits per heavy atom. The minimum absolute atomic E-state index is 0. The fraction of sp³-hybridized carbons (Fsp3) is 0.0833. The van der Waals surface area contributed by atoms with Gasteiger partial charge >= 0.3 is 5.97 Å². The number of ketones is 2. The number of aromatic carboxylic acids is 1. The predicted molar refractivity (Wildman–Crippen MR) is 440 cm³/mol. The number of aliphatic hydroxyl groups excluding tert-OH is 2. The minimum Gasteiger partial charge on any atom is -0.512 e. The van der Waals surface area contributed by atoms with Gasteiger partial charge in [-0.25, -0.2) is 18.6 Å². The van der Waals surface area contributed by atoms with Crippen molar-refractivity contribution in [1.82, 2.24) is 39.9 Å². The number of halogens is 6. The number of pyridine rings is 8. The minimum atomic E-state index is -0.990. The van der Waals surface area contributed by atoms with E-state index in [1.54, 1.807) is 79.3 Å². The first-order valence-corrected chi connectivity index (χ1v) is 35.6. The second kappa shape index (κ2) is 55.8. The van der Waals surface area contributed by atoms with E-state index in [2.05, 4.69) is 162 Å². The van der Waals surface area contributed by atoms with Gasteiger partial charge in [0.2, 0.25) is 0 Å². The summed E-state index contributed by atoms with van der Waals surface area (Å²) in [6.07, 6.45) is 13.8. The van der Waals surface area contributed by atoms with Gasteiger partial charge in [-0.3, -0.25) is 37.0 Å². The molecule has 6 radical (unpaired) electrons. The molecule has 8 heterocycles. The average Bonchev–Trinajstić information content (AvgIpc) is 1.58. The first-order valence-electron chi connectivity index (χ1n) is 35.6. The van der Waals surface area contributed by atoms with Gasteiger partial charge in [-0.1, -0.05) is 163 Å². The molecule has 3 N–H and O–H groups in total. The number of carbonyl (C=O) groups excluding carboxylic acids is 2. The Bertz CT molecular complexity index is 5630. The molecule has 7 aromatic carbocycles. The van der Waals surface area contributed by atoms with E-state index in [0.29, 0.717) is 17.1 Å². The molecule has 0 bridgehead atoms. The molecule has 16 rings (SSSR count). The van der Waals surface area contributed by atoms with Gasteiger partial charge in [-0.2, -0.15) is 0 Å². The van der Waals surface area contributed by atoms with Crippen molar-refractivity contribution in [2.75, 3.05) is 0 Å². The third-order valence-electron chi connectivity index (χ3n) is 16.2. The molecule has 1 aliphatic carbocycles. The van der Waals surface area contributed by atoms with E-state index in [1.165, 1.54) is 97.5 Å². The summed E-state index contributed by atoms with van der Waals surface area (Å²) in [4.78, 5) is 64.6. The second-order valence-corrected chi connectivity index (χ2v) is 25.4. The van der Waals surface area contributed by atoms with Crippen molar-refractivity contribution in [3.05, 3.63) is 415 Å². The van der Waals surface area contributed by atoms with Crippen molar-refractivity contribution < 1.29 is 177 Å². The molecule has 1 aliphatic rings. The maximum Gasteiger partial charge on any atom is 0.354 e. The number of carboxylic acid groups (broad SMARTS) is 1. The number of aliphatic hydroxyl groups is 2. The van der Waals surface area contributed by atoms with Gasteiger partial charge in [0.05, 0.1) is 18.1 Å². The van der Waals surface area contributed by atoms with E-state index in [9.17, 15) is 40.7 Å². The maximum atomic E-state index is 13.8. The Hall–Kier alpha value is -11.1. The number of allylic oxidation sites excluding steroid dienone is 4. The van der Waals surface area contributed by atoms with Crippen LogP contribution in [0.4, 0.5) is 32.0 Å². The van der Waals surface area contributed by atoms with Crippen LogP contribution in [0.25, 0.3) is 94.3 Å². The number of carboxylic acids is 1. The van der Waals surface area contributed by atoms with Gasteiger partial charge in [0.1, 0.15) is 17.6 Å². The fourth-order valence-corrected chi connectivity index (χ4v) is 11.0. The number of rotatable bonds is 9. The zero-order valence-electron chi connectivity index (χ0n) is 66.1.